The maximum atomic E-state index is 12.5. The largest absolute Gasteiger partial charge is 0.388 e. The fourth-order valence-electron chi connectivity index (χ4n) is 3.26. The highest BCUT2D eigenvalue weighted by molar-refractivity contribution is 5.77. The summed E-state index contributed by atoms with van der Waals surface area (Å²) in [6.45, 7) is 2.31. The van der Waals surface area contributed by atoms with Crippen LogP contribution in [0.15, 0.2) is 60.7 Å². The number of rotatable bonds is 5. The van der Waals surface area contributed by atoms with Crippen LogP contribution in [-0.2, 0) is 11.3 Å². The Labute approximate surface area is 154 Å². The van der Waals surface area contributed by atoms with Gasteiger partial charge in [-0.2, -0.15) is 5.26 Å². The lowest BCUT2D eigenvalue weighted by atomic mass is 10.0. The predicted octanol–water partition coefficient (Wildman–Crippen LogP) is 2.35. The van der Waals surface area contributed by atoms with Crippen LogP contribution in [0.4, 0.5) is 0 Å². The molecule has 0 bridgehead atoms. The number of hydrogen-bond donors (Lipinski definition) is 1. The summed E-state index contributed by atoms with van der Waals surface area (Å²) in [4.78, 5) is 16.3. The fourth-order valence-corrected chi connectivity index (χ4v) is 3.26. The molecule has 0 spiro atoms. The van der Waals surface area contributed by atoms with Gasteiger partial charge < -0.3 is 10.0 Å². The van der Waals surface area contributed by atoms with Crippen molar-refractivity contribution in [3.8, 4) is 6.07 Å². The van der Waals surface area contributed by atoms with Crippen LogP contribution in [0.3, 0.4) is 0 Å². The van der Waals surface area contributed by atoms with Crippen molar-refractivity contribution in [2.24, 2.45) is 0 Å². The molecule has 5 nitrogen and oxygen atoms in total. The molecule has 2 aromatic rings. The molecule has 2 aromatic carbocycles. The molecule has 2 atom stereocenters. The van der Waals surface area contributed by atoms with Crippen LogP contribution in [-0.4, -0.2) is 46.5 Å². The van der Waals surface area contributed by atoms with Crippen molar-refractivity contribution in [3.05, 3.63) is 71.8 Å². The van der Waals surface area contributed by atoms with Crippen molar-refractivity contribution < 1.29 is 9.90 Å². The number of amides is 1. The van der Waals surface area contributed by atoms with E-state index < -0.39 is 6.10 Å². The Morgan fingerprint density at radius 1 is 1.12 bits per heavy atom. The van der Waals surface area contributed by atoms with E-state index in [-0.39, 0.29) is 18.4 Å². The molecule has 5 heteroatoms. The zero-order valence-corrected chi connectivity index (χ0v) is 14.7. The predicted molar refractivity (Wildman–Crippen MR) is 98.9 cm³/mol. The van der Waals surface area contributed by atoms with Crippen LogP contribution in [0.2, 0.25) is 0 Å². The number of aliphatic hydroxyl groups excluding tert-OH is 1. The van der Waals surface area contributed by atoms with E-state index >= 15 is 0 Å². The number of carbonyl (C=O) groups excluding carboxylic acids is 1. The summed E-state index contributed by atoms with van der Waals surface area (Å²) < 4.78 is 0. The summed E-state index contributed by atoms with van der Waals surface area (Å²) in [5, 5.41) is 19.8. The maximum Gasteiger partial charge on any atom is 0.225 e. The normalized spacial score (nSPS) is 18.9. The van der Waals surface area contributed by atoms with Gasteiger partial charge in [0.1, 0.15) is 6.04 Å². The quantitative estimate of drug-likeness (QED) is 0.900. The van der Waals surface area contributed by atoms with E-state index in [0.717, 1.165) is 11.1 Å². The van der Waals surface area contributed by atoms with Crippen LogP contribution < -0.4 is 0 Å². The van der Waals surface area contributed by atoms with Crippen molar-refractivity contribution in [2.75, 3.05) is 19.6 Å². The molecule has 1 amide bonds. The molecule has 3 rings (SSSR count). The molecule has 1 saturated heterocycles. The second kappa shape index (κ2) is 8.61. The van der Waals surface area contributed by atoms with Crippen LogP contribution in [0.5, 0.6) is 0 Å². The lowest BCUT2D eigenvalue weighted by Gasteiger charge is -2.38. The maximum absolute atomic E-state index is 12.5. The summed E-state index contributed by atoms with van der Waals surface area (Å²) in [6, 6.07) is 21.2. The molecule has 1 N–H and O–H groups in total. The second-order valence-electron chi connectivity index (χ2n) is 6.57. The number of nitrogens with zero attached hydrogens (tertiary/aromatic N) is 3. The minimum atomic E-state index is -0.813. The monoisotopic (exact) mass is 349 g/mol. The average Bonchev–Trinajstić information content (AvgIpc) is 2.69. The standard InChI is InChI=1S/C21H23N3O2/c22-14-19-16-24(12-11-23(19)15-17-7-3-1-4-8-17)21(26)13-20(25)18-9-5-2-6-10-18/h1-10,19-20,25H,11-13,15-16H2. The molecule has 1 heterocycles. The minimum absolute atomic E-state index is 0.0425. The zero-order chi connectivity index (χ0) is 18.4. The molecule has 0 aromatic heterocycles. The number of piperazine rings is 1. The van der Waals surface area contributed by atoms with Crippen molar-refractivity contribution in [2.45, 2.75) is 25.1 Å². The van der Waals surface area contributed by atoms with Gasteiger partial charge in [0.25, 0.3) is 0 Å². The number of benzene rings is 2. The smallest absolute Gasteiger partial charge is 0.225 e. The number of aliphatic hydroxyl groups is 1. The van der Waals surface area contributed by atoms with E-state index in [1.807, 2.05) is 60.7 Å². The Morgan fingerprint density at radius 3 is 2.42 bits per heavy atom. The van der Waals surface area contributed by atoms with Crippen molar-refractivity contribution in [3.63, 3.8) is 0 Å². The molecule has 134 valence electrons. The summed E-state index contributed by atoms with van der Waals surface area (Å²) in [7, 11) is 0. The third-order valence-electron chi connectivity index (χ3n) is 4.77. The minimum Gasteiger partial charge on any atom is -0.388 e. The molecule has 1 aliphatic rings. The van der Waals surface area contributed by atoms with E-state index in [2.05, 4.69) is 11.0 Å². The fraction of sp³-hybridized carbons (Fsp3) is 0.333. The van der Waals surface area contributed by atoms with E-state index in [1.165, 1.54) is 0 Å². The van der Waals surface area contributed by atoms with Crippen LogP contribution in [0.25, 0.3) is 0 Å². The molecule has 0 aliphatic carbocycles. The SMILES string of the molecule is N#CC1CN(C(=O)CC(O)c2ccccc2)CCN1Cc1ccccc1. The van der Waals surface area contributed by atoms with E-state index in [9.17, 15) is 15.2 Å². The molecule has 1 fully saturated rings. The van der Waals surface area contributed by atoms with Gasteiger partial charge in [0, 0.05) is 26.2 Å². The van der Waals surface area contributed by atoms with Crippen LogP contribution in [0, 0.1) is 11.3 Å². The molecular formula is C21H23N3O2. The summed E-state index contributed by atoms with van der Waals surface area (Å²) in [6.07, 6.45) is -0.771. The number of hydrogen-bond acceptors (Lipinski definition) is 4. The van der Waals surface area contributed by atoms with Gasteiger partial charge in [0.05, 0.1) is 18.6 Å². The topological polar surface area (TPSA) is 67.6 Å². The second-order valence-corrected chi connectivity index (χ2v) is 6.57. The third kappa shape index (κ3) is 4.48. The van der Waals surface area contributed by atoms with Gasteiger partial charge in [-0.25, -0.2) is 0 Å². The zero-order valence-electron chi connectivity index (χ0n) is 14.7. The molecule has 26 heavy (non-hydrogen) atoms. The van der Waals surface area contributed by atoms with Crippen molar-refractivity contribution in [1.82, 2.24) is 9.80 Å². The van der Waals surface area contributed by atoms with E-state index in [1.54, 1.807) is 4.90 Å². The first-order valence-electron chi connectivity index (χ1n) is 8.85. The van der Waals surface area contributed by atoms with Gasteiger partial charge in [-0.3, -0.25) is 9.69 Å². The van der Waals surface area contributed by atoms with E-state index in [0.29, 0.717) is 26.2 Å². The summed E-state index contributed by atoms with van der Waals surface area (Å²) in [5.74, 6) is -0.110. The Balaban J connectivity index is 1.58. The van der Waals surface area contributed by atoms with Gasteiger partial charge in [-0.15, -0.1) is 0 Å². The molecule has 0 saturated carbocycles. The lowest BCUT2D eigenvalue weighted by molar-refractivity contribution is -0.135. The van der Waals surface area contributed by atoms with Gasteiger partial charge in [-0.1, -0.05) is 60.7 Å². The Kier molecular flexibility index (Phi) is 6.00. The highest BCUT2D eigenvalue weighted by Gasteiger charge is 2.30. The molecular weight excluding hydrogens is 326 g/mol. The van der Waals surface area contributed by atoms with Crippen LogP contribution >= 0.6 is 0 Å². The highest BCUT2D eigenvalue weighted by atomic mass is 16.3. The number of nitriles is 1. The summed E-state index contributed by atoms with van der Waals surface area (Å²) in [5.41, 5.74) is 1.90. The Morgan fingerprint density at radius 2 is 1.77 bits per heavy atom. The van der Waals surface area contributed by atoms with Crippen LogP contribution in [0.1, 0.15) is 23.7 Å². The molecule has 2 unspecified atom stereocenters. The van der Waals surface area contributed by atoms with Gasteiger partial charge >= 0.3 is 0 Å². The number of carbonyl (C=O) groups is 1. The average molecular weight is 349 g/mol. The first-order chi connectivity index (χ1) is 12.7. The van der Waals surface area contributed by atoms with Crippen molar-refractivity contribution in [1.29, 1.82) is 5.26 Å². The van der Waals surface area contributed by atoms with Gasteiger partial charge in [-0.05, 0) is 11.1 Å². The Hall–Kier alpha value is -2.68. The molecule has 1 aliphatic heterocycles. The summed E-state index contributed by atoms with van der Waals surface area (Å²) >= 11 is 0. The van der Waals surface area contributed by atoms with Crippen molar-refractivity contribution >= 4 is 5.91 Å². The first-order valence-corrected chi connectivity index (χ1v) is 8.85. The van der Waals surface area contributed by atoms with Gasteiger partial charge in [0.2, 0.25) is 5.91 Å². The van der Waals surface area contributed by atoms with E-state index in [4.69, 9.17) is 0 Å². The first kappa shape index (κ1) is 18.1. The lowest BCUT2D eigenvalue weighted by Crippen LogP contribution is -2.53. The molecule has 0 radical (unpaired) electrons. The van der Waals surface area contributed by atoms with Gasteiger partial charge in [0.15, 0.2) is 0 Å². The third-order valence-corrected chi connectivity index (χ3v) is 4.77. The Bertz CT molecular complexity index is 758. The highest BCUT2D eigenvalue weighted by Crippen LogP contribution is 2.20.